The minimum Gasteiger partial charge on any atom is -0.350 e. The highest BCUT2D eigenvalue weighted by molar-refractivity contribution is 5.06. The molecule has 2 nitrogen and oxygen atoms in total. The molecule has 0 aliphatic rings. The molecule has 0 fully saturated rings. The van der Waals surface area contributed by atoms with Crippen LogP contribution in [0.25, 0.3) is 0 Å². The number of hydrogen-bond acceptors (Lipinski definition) is 1. The zero-order valence-corrected chi connectivity index (χ0v) is 13.0. The van der Waals surface area contributed by atoms with Crippen molar-refractivity contribution in [1.29, 1.82) is 0 Å². The number of aryl methyl sites for hydroxylation is 1. The van der Waals surface area contributed by atoms with Gasteiger partial charge >= 0.3 is 0 Å². The maximum Gasteiger partial charge on any atom is 0.0359 e. The smallest absolute Gasteiger partial charge is 0.0359 e. The van der Waals surface area contributed by atoms with Gasteiger partial charge in [0.2, 0.25) is 0 Å². The molecule has 0 aliphatic carbocycles. The van der Waals surface area contributed by atoms with E-state index in [4.69, 9.17) is 0 Å². The Labute approximate surface area is 119 Å². The zero-order valence-electron chi connectivity index (χ0n) is 13.0. The summed E-state index contributed by atoms with van der Waals surface area (Å²) in [5.74, 6) is 0. The van der Waals surface area contributed by atoms with Gasteiger partial charge in [-0.2, -0.15) is 0 Å². The highest BCUT2D eigenvalue weighted by Gasteiger charge is 1.99. The van der Waals surface area contributed by atoms with Crippen LogP contribution in [0.5, 0.6) is 0 Å². The van der Waals surface area contributed by atoms with Gasteiger partial charge in [0.1, 0.15) is 0 Å². The first-order chi connectivity index (χ1) is 9.38. The van der Waals surface area contributed by atoms with Crippen LogP contribution < -0.4 is 5.32 Å². The molecule has 110 valence electrons. The van der Waals surface area contributed by atoms with Gasteiger partial charge in [0.25, 0.3) is 0 Å². The van der Waals surface area contributed by atoms with Crippen LogP contribution in [-0.4, -0.2) is 11.1 Å². The monoisotopic (exact) mass is 264 g/mol. The standard InChI is InChI=1S/C17H32N2/c1-3-5-6-7-8-9-10-11-14-19-15-12-13-17(19)16-18-4-2/h12-13,15,18H,3-11,14,16H2,1-2H3. The van der Waals surface area contributed by atoms with Crippen molar-refractivity contribution in [3.05, 3.63) is 24.0 Å². The Balaban J connectivity index is 2.04. The van der Waals surface area contributed by atoms with Gasteiger partial charge in [-0.05, 0) is 25.1 Å². The Hall–Kier alpha value is -0.760. The van der Waals surface area contributed by atoms with Crippen LogP contribution in [0.1, 0.15) is 70.9 Å². The molecule has 0 saturated carbocycles. The third-order valence-corrected chi connectivity index (χ3v) is 3.73. The van der Waals surface area contributed by atoms with Crippen molar-refractivity contribution < 1.29 is 0 Å². The normalized spacial score (nSPS) is 11.1. The fourth-order valence-electron chi connectivity index (χ4n) is 2.50. The Morgan fingerprint density at radius 3 is 2.32 bits per heavy atom. The summed E-state index contributed by atoms with van der Waals surface area (Å²) in [4.78, 5) is 0. The van der Waals surface area contributed by atoms with Crippen molar-refractivity contribution in [2.45, 2.75) is 78.3 Å². The van der Waals surface area contributed by atoms with Crippen LogP contribution in [0.2, 0.25) is 0 Å². The summed E-state index contributed by atoms with van der Waals surface area (Å²) in [5.41, 5.74) is 1.42. The van der Waals surface area contributed by atoms with Crippen molar-refractivity contribution in [3.63, 3.8) is 0 Å². The number of rotatable bonds is 12. The molecule has 1 heterocycles. The number of nitrogens with zero attached hydrogens (tertiary/aromatic N) is 1. The molecule has 0 radical (unpaired) electrons. The summed E-state index contributed by atoms with van der Waals surface area (Å²) in [7, 11) is 0. The number of nitrogens with one attached hydrogen (secondary N) is 1. The summed E-state index contributed by atoms with van der Waals surface area (Å²) < 4.78 is 2.40. The van der Waals surface area contributed by atoms with E-state index in [1.807, 2.05) is 0 Å². The molecule has 19 heavy (non-hydrogen) atoms. The van der Waals surface area contributed by atoms with Crippen LogP contribution in [0.4, 0.5) is 0 Å². The lowest BCUT2D eigenvalue weighted by molar-refractivity contribution is 0.532. The molecule has 1 aromatic rings. The van der Waals surface area contributed by atoms with Gasteiger partial charge in [-0.15, -0.1) is 0 Å². The van der Waals surface area contributed by atoms with E-state index in [0.717, 1.165) is 13.1 Å². The second-order valence-corrected chi connectivity index (χ2v) is 5.45. The fraction of sp³-hybridized carbons (Fsp3) is 0.765. The van der Waals surface area contributed by atoms with Crippen molar-refractivity contribution >= 4 is 0 Å². The molecule has 0 aliphatic heterocycles. The van der Waals surface area contributed by atoms with Crippen molar-refractivity contribution in [3.8, 4) is 0 Å². The molecule has 0 unspecified atom stereocenters. The predicted octanol–water partition coefficient (Wildman–Crippen LogP) is 4.74. The first kappa shape index (κ1) is 16.3. The molecular weight excluding hydrogens is 232 g/mol. The van der Waals surface area contributed by atoms with E-state index >= 15 is 0 Å². The van der Waals surface area contributed by atoms with Crippen LogP contribution in [-0.2, 0) is 13.1 Å². The average Bonchev–Trinajstić information content (AvgIpc) is 2.87. The Kier molecular flexibility index (Phi) is 9.52. The van der Waals surface area contributed by atoms with Crippen molar-refractivity contribution in [2.75, 3.05) is 6.54 Å². The predicted molar refractivity (Wildman–Crippen MR) is 84.4 cm³/mol. The maximum absolute atomic E-state index is 3.40. The molecule has 1 N–H and O–H groups in total. The van der Waals surface area contributed by atoms with E-state index < -0.39 is 0 Å². The summed E-state index contributed by atoms with van der Waals surface area (Å²) in [6, 6.07) is 4.39. The van der Waals surface area contributed by atoms with E-state index in [2.05, 4.69) is 42.1 Å². The van der Waals surface area contributed by atoms with Gasteiger partial charge in [0.05, 0.1) is 0 Å². The molecule has 1 aromatic heterocycles. The zero-order chi connectivity index (χ0) is 13.8. The van der Waals surface area contributed by atoms with Gasteiger partial charge in [-0.3, -0.25) is 0 Å². The lowest BCUT2D eigenvalue weighted by Gasteiger charge is -2.09. The summed E-state index contributed by atoms with van der Waals surface area (Å²) in [6.45, 7) is 7.67. The van der Waals surface area contributed by atoms with Crippen molar-refractivity contribution in [2.24, 2.45) is 0 Å². The molecule has 1 rings (SSSR count). The van der Waals surface area contributed by atoms with Crippen molar-refractivity contribution in [1.82, 2.24) is 9.88 Å². The molecule has 0 aromatic carbocycles. The van der Waals surface area contributed by atoms with E-state index in [-0.39, 0.29) is 0 Å². The van der Waals surface area contributed by atoms with Gasteiger partial charge in [0.15, 0.2) is 0 Å². The van der Waals surface area contributed by atoms with Gasteiger partial charge < -0.3 is 9.88 Å². The number of aromatic nitrogens is 1. The van der Waals surface area contributed by atoms with Crippen LogP contribution in [0.15, 0.2) is 18.3 Å². The largest absolute Gasteiger partial charge is 0.350 e. The minimum atomic E-state index is 1.00. The second kappa shape index (κ2) is 11.1. The van der Waals surface area contributed by atoms with E-state index in [9.17, 15) is 0 Å². The molecule has 2 heteroatoms. The molecule has 0 amide bonds. The van der Waals surface area contributed by atoms with Gasteiger partial charge in [0, 0.05) is 25.0 Å². The highest BCUT2D eigenvalue weighted by Crippen LogP contribution is 2.10. The quantitative estimate of drug-likeness (QED) is 0.540. The summed E-state index contributed by atoms with van der Waals surface area (Å²) in [5, 5.41) is 3.40. The molecule has 0 bridgehead atoms. The lowest BCUT2D eigenvalue weighted by Crippen LogP contribution is -2.15. The van der Waals surface area contributed by atoms with E-state index in [1.165, 1.54) is 63.6 Å². The SMILES string of the molecule is CCCCCCCCCCn1cccc1CNCC. The summed E-state index contributed by atoms with van der Waals surface area (Å²) >= 11 is 0. The first-order valence-electron chi connectivity index (χ1n) is 8.23. The molecule has 0 saturated heterocycles. The van der Waals surface area contributed by atoms with Gasteiger partial charge in [-0.25, -0.2) is 0 Å². The molecule has 0 spiro atoms. The Morgan fingerprint density at radius 2 is 1.63 bits per heavy atom. The van der Waals surface area contributed by atoms with Gasteiger partial charge in [-0.1, -0.05) is 58.8 Å². The molecular formula is C17H32N2. The van der Waals surface area contributed by atoms with E-state index in [0.29, 0.717) is 0 Å². The average molecular weight is 264 g/mol. The first-order valence-corrected chi connectivity index (χ1v) is 8.23. The minimum absolute atomic E-state index is 1.00. The highest BCUT2D eigenvalue weighted by atomic mass is 15.0. The third kappa shape index (κ3) is 7.41. The Bertz CT molecular complexity index is 304. The second-order valence-electron chi connectivity index (χ2n) is 5.45. The third-order valence-electron chi connectivity index (χ3n) is 3.73. The number of hydrogen-bond donors (Lipinski definition) is 1. The summed E-state index contributed by atoms with van der Waals surface area (Å²) in [6.07, 6.45) is 13.4. The lowest BCUT2D eigenvalue weighted by atomic mass is 10.1. The maximum atomic E-state index is 3.40. The van der Waals surface area contributed by atoms with Crippen LogP contribution >= 0.6 is 0 Å². The number of unbranched alkanes of at least 4 members (excludes halogenated alkanes) is 7. The van der Waals surface area contributed by atoms with Crippen LogP contribution in [0.3, 0.4) is 0 Å². The topological polar surface area (TPSA) is 17.0 Å². The van der Waals surface area contributed by atoms with Crippen LogP contribution in [0, 0.1) is 0 Å². The van der Waals surface area contributed by atoms with E-state index in [1.54, 1.807) is 0 Å². The molecule has 0 atom stereocenters. The fourth-order valence-corrected chi connectivity index (χ4v) is 2.50. The Morgan fingerprint density at radius 1 is 0.947 bits per heavy atom.